The van der Waals surface area contributed by atoms with Crippen LogP contribution in [0.5, 0.6) is 0 Å². The number of pyridine rings is 3. The van der Waals surface area contributed by atoms with Gasteiger partial charge in [0.05, 0.1) is 34.1 Å². The van der Waals surface area contributed by atoms with E-state index in [0.29, 0.717) is 51.8 Å². The highest BCUT2D eigenvalue weighted by Crippen LogP contribution is 2.35. The second kappa shape index (κ2) is 20.5. The second-order valence-corrected chi connectivity index (χ2v) is 17.4. The summed E-state index contributed by atoms with van der Waals surface area (Å²) in [5, 5.41) is 35.3. The van der Waals surface area contributed by atoms with Gasteiger partial charge in [0, 0.05) is 65.7 Å². The van der Waals surface area contributed by atoms with Gasteiger partial charge in [-0.25, -0.2) is 38.1 Å². The van der Waals surface area contributed by atoms with Gasteiger partial charge in [-0.3, -0.25) is 19.8 Å². The number of benzene rings is 4. The number of aromatic amines is 2. The Labute approximate surface area is 431 Å². The SMILES string of the molecule is C[C@H](NC(=O)c1nc(C#N)cnc1NCc1ccc(-c2cnc3[nH]nc(N)c3c2)cc1)c1ccc(F)c(-c2cc(NC(=O)c3cc(C(F)(F)F)cnc3NCc3ccc(-c4cnc5[nH]nc(N)c5c4)cc3)cc(F)c2F)c1. The molecule has 77 heavy (non-hydrogen) atoms. The number of nitriles is 1. The van der Waals surface area contributed by atoms with Crippen LogP contribution in [-0.2, 0) is 19.3 Å². The summed E-state index contributed by atoms with van der Waals surface area (Å²) in [6, 6.07) is 24.5. The van der Waals surface area contributed by atoms with Crippen molar-refractivity contribution in [2.24, 2.45) is 0 Å². The maximum absolute atomic E-state index is 15.7. The number of hydrogen-bond acceptors (Lipinski definition) is 14. The molecule has 1 atom stereocenters. The number of amides is 2. The molecule has 384 valence electrons. The molecule has 0 saturated carbocycles. The lowest BCUT2D eigenvalue weighted by Crippen LogP contribution is -2.29. The minimum atomic E-state index is -4.92. The van der Waals surface area contributed by atoms with Gasteiger partial charge in [-0.15, -0.1) is 0 Å². The van der Waals surface area contributed by atoms with E-state index in [1.165, 1.54) is 19.2 Å². The number of nitrogens with one attached hydrogen (secondary N) is 6. The maximum atomic E-state index is 15.7. The molecule has 24 heteroatoms. The van der Waals surface area contributed by atoms with Crippen molar-refractivity contribution in [1.29, 1.82) is 5.26 Å². The quantitative estimate of drug-likeness (QED) is 0.0471. The largest absolute Gasteiger partial charge is 0.417 e. The number of anilines is 5. The van der Waals surface area contributed by atoms with Gasteiger partial charge < -0.3 is 32.7 Å². The van der Waals surface area contributed by atoms with E-state index < -0.39 is 69.4 Å². The Morgan fingerprint density at radius 2 is 1.25 bits per heavy atom. The Morgan fingerprint density at radius 3 is 1.83 bits per heavy atom. The molecule has 0 spiro atoms. The highest BCUT2D eigenvalue weighted by molar-refractivity contribution is 6.08. The summed E-state index contributed by atoms with van der Waals surface area (Å²) in [4.78, 5) is 48.6. The minimum Gasteiger partial charge on any atom is -0.382 e. The number of fused-ring (bicyclic) bond motifs is 2. The smallest absolute Gasteiger partial charge is 0.382 e. The summed E-state index contributed by atoms with van der Waals surface area (Å²) in [6.45, 7) is 1.69. The van der Waals surface area contributed by atoms with Gasteiger partial charge >= 0.3 is 6.18 Å². The normalized spacial score (nSPS) is 11.8. The Morgan fingerprint density at radius 1 is 0.662 bits per heavy atom. The third kappa shape index (κ3) is 10.5. The Hall–Kier alpha value is -10.4. The van der Waals surface area contributed by atoms with Crippen molar-refractivity contribution in [2.45, 2.75) is 32.2 Å². The fourth-order valence-corrected chi connectivity index (χ4v) is 8.25. The first-order valence-electron chi connectivity index (χ1n) is 23.1. The molecule has 6 aromatic heterocycles. The van der Waals surface area contributed by atoms with Crippen LogP contribution < -0.4 is 32.7 Å². The lowest BCUT2D eigenvalue weighted by molar-refractivity contribution is -0.137. The lowest BCUT2D eigenvalue weighted by atomic mass is 9.98. The molecule has 0 aliphatic rings. The first-order chi connectivity index (χ1) is 37.0. The van der Waals surface area contributed by atoms with Crippen LogP contribution >= 0.6 is 0 Å². The van der Waals surface area contributed by atoms with Crippen LogP contribution in [0, 0.1) is 28.8 Å². The van der Waals surface area contributed by atoms with Crippen molar-refractivity contribution in [3.05, 3.63) is 179 Å². The van der Waals surface area contributed by atoms with Gasteiger partial charge in [0.25, 0.3) is 11.8 Å². The maximum Gasteiger partial charge on any atom is 0.417 e. The van der Waals surface area contributed by atoms with E-state index in [1.54, 1.807) is 36.7 Å². The van der Waals surface area contributed by atoms with Crippen molar-refractivity contribution >= 4 is 62.8 Å². The molecule has 10 rings (SSSR count). The number of nitrogens with zero attached hydrogens (tertiary/aromatic N) is 8. The van der Waals surface area contributed by atoms with Gasteiger partial charge in [-0.2, -0.15) is 28.6 Å². The molecule has 0 unspecified atom stereocenters. The van der Waals surface area contributed by atoms with Gasteiger partial charge in [0.1, 0.15) is 17.7 Å². The van der Waals surface area contributed by atoms with Crippen LogP contribution in [-0.4, -0.2) is 57.1 Å². The van der Waals surface area contributed by atoms with Gasteiger partial charge in [-0.1, -0.05) is 54.6 Å². The summed E-state index contributed by atoms with van der Waals surface area (Å²) in [7, 11) is 0. The van der Waals surface area contributed by atoms with E-state index in [9.17, 15) is 28.0 Å². The van der Waals surface area contributed by atoms with Crippen LogP contribution in [0.3, 0.4) is 0 Å². The zero-order valence-corrected chi connectivity index (χ0v) is 39.9. The molecule has 0 saturated heterocycles. The number of rotatable bonds is 14. The number of hydrogen-bond donors (Lipinski definition) is 8. The molecule has 4 aromatic carbocycles. The fraction of sp³-hybridized carbons (Fsp3) is 0.0943. The van der Waals surface area contributed by atoms with E-state index in [2.05, 4.69) is 66.6 Å². The molecule has 0 aliphatic heterocycles. The topological polar surface area (TPSA) is 280 Å². The Bertz CT molecular complexity index is 3970. The lowest BCUT2D eigenvalue weighted by Gasteiger charge is -2.18. The summed E-state index contributed by atoms with van der Waals surface area (Å²) < 4.78 is 88.7. The summed E-state index contributed by atoms with van der Waals surface area (Å²) in [6.07, 6.45) is 0.118. The molecule has 0 aliphatic carbocycles. The van der Waals surface area contributed by atoms with Gasteiger partial charge in [0.15, 0.2) is 51.8 Å². The number of alkyl halides is 3. The Kier molecular flexibility index (Phi) is 13.3. The summed E-state index contributed by atoms with van der Waals surface area (Å²) in [5.74, 6) is -5.70. The number of halogens is 6. The highest BCUT2D eigenvalue weighted by Gasteiger charge is 2.33. The molecule has 10 aromatic rings. The zero-order valence-electron chi connectivity index (χ0n) is 39.9. The van der Waals surface area contributed by atoms with Crippen molar-refractivity contribution in [3.8, 4) is 39.4 Å². The number of H-pyrrole nitrogens is 2. The van der Waals surface area contributed by atoms with Crippen LogP contribution in [0.1, 0.15) is 61.8 Å². The van der Waals surface area contributed by atoms with Crippen molar-refractivity contribution < 1.29 is 35.9 Å². The van der Waals surface area contributed by atoms with Gasteiger partial charge in [-0.05, 0) is 71.1 Å². The van der Waals surface area contributed by atoms with E-state index in [-0.39, 0.29) is 47.5 Å². The number of nitrogens with two attached hydrogens (primary N) is 2. The molecule has 0 fully saturated rings. The van der Waals surface area contributed by atoms with Crippen LogP contribution in [0.2, 0.25) is 0 Å². The minimum absolute atomic E-state index is 0.00989. The van der Waals surface area contributed by atoms with Crippen molar-refractivity contribution in [2.75, 3.05) is 27.4 Å². The number of aromatic nitrogens is 9. The second-order valence-electron chi connectivity index (χ2n) is 17.4. The summed E-state index contributed by atoms with van der Waals surface area (Å²) in [5.41, 5.74) is 13.9. The molecular weight excluding hydrogens is 1010 g/mol. The average molecular weight is 1040 g/mol. The van der Waals surface area contributed by atoms with E-state index in [1.807, 2.05) is 42.5 Å². The highest BCUT2D eigenvalue weighted by atomic mass is 19.4. The average Bonchev–Trinajstić information content (AvgIpc) is 4.01. The van der Waals surface area contributed by atoms with Crippen LogP contribution in [0.15, 0.2) is 122 Å². The summed E-state index contributed by atoms with van der Waals surface area (Å²) >= 11 is 0. The molecule has 6 heterocycles. The van der Waals surface area contributed by atoms with E-state index >= 15 is 13.2 Å². The molecule has 0 radical (unpaired) electrons. The molecule has 2 amide bonds. The van der Waals surface area contributed by atoms with Crippen molar-refractivity contribution in [1.82, 2.24) is 50.6 Å². The number of carbonyl (C=O) groups excluding carboxylic acids is 2. The number of carbonyl (C=O) groups is 2. The van der Waals surface area contributed by atoms with E-state index in [0.717, 1.165) is 46.0 Å². The molecular formula is C53H38F6N16O2. The van der Waals surface area contributed by atoms with E-state index in [4.69, 9.17) is 11.5 Å². The predicted molar refractivity (Wildman–Crippen MR) is 274 cm³/mol. The Balaban J connectivity index is 0.840. The number of nitrogen functional groups attached to an aromatic ring is 2. The molecule has 10 N–H and O–H groups in total. The third-order valence-electron chi connectivity index (χ3n) is 12.4. The van der Waals surface area contributed by atoms with Crippen LogP contribution in [0.4, 0.5) is 55.3 Å². The first kappa shape index (κ1) is 50.1. The molecule has 18 nitrogen and oxygen atoms in total. The first-order valence-corrected chi connectivity index (χ1v) is 23.1. The third-order valence-corrected chi connectivity index (χ3v) is 12.4. The standard InChI is InChI=1S/C53H38F6N16O2/c1-25(69-52(77)44-50(68-24-35(18-60)70-44)64-20-27-4-8-29(9-5-27)32-14-39-46(62)73-75-49(39)66-22-32)30-10-11-41(54)36(12-30)37-16-34(17-42(55)43(37)56)71-51(76)40-15-33(53(57,58)59)23-67-47(40)63-19-26-2-6-28(7-3-26)31-13-38-45(61)72-74-48(38)65-21-31/h2-17,21-25H,19-20H2,1H3,(H,63,67)(H,64,68)(H,69,77)(H,71,76)(H3,61,65,72,74)(H3,62,66,73,75)/t25-/m0/s1. The monoisotopic (exact) mass is 1040 g/mol. The van der Waals surface area contributed by atoms with Gasteiger partial charge in [0.2, 0.25) is 0 Å². The van der Waals surface area contributed by atoms with Crippen molar-refractivity contribution in [3.63, 3.8) is 0 Å². The van der Waals surface area contributed by atoms with Crippen LogP contribution in [0.25, 0.3) is 55.4 Å². The predicted octanol–water partition coefficient (Wildman–Crippen LogP) is 9.85. The zero-order chi connectivity index (χ0) is 54.1. The molecule has 0 bridgehead atoms. The fourth-order valence-electron chi connectivity index (χ4n) is 8.25.